The van der Waals surface area contributed by atoms with Gasteiger partial charge in [-0.25, -0.2) is 4.79 Å². The van der Waals surface area contributed by atoms with Crippen LogP contribution in [0.15, 0.2) is 36.4 Å². The topological polar surface area (TPSA) is 61.8 Å². The van der Waals surface area contributed by atoms with Crippen molar-refractivity contribution in [3.05, 3.63) is 47.5 Å². The molecule has 0 spiro atoms. The first-order valence-corrected chi connectivity index (χ1v) is 10.8. The van der Waals surface area contributed by atoms with Gasteiger partial charge in [0.05, 0.1) is 31.5 Å². The smallest absolute Gasteiger partial charge is 0.338 e. The molecule has 0 saturated heterocycles. The average Bonchev–Trinajstić information content (AvgIpc) is 2.62. The maximum Gasteiger partial charge on any atom is 0.338 e. The molecular formula is C20H27O5P. The van der Waals surface area contributed by atoms with Gasteiger partial charge in [0.15, 0.2) is 0 Å². The molecule has 0 aromatic heterocycles. The van der Waals surface area contributed by atoms with Crippen LogP contribution in [0.5, 0.6) is 0 Å². The molecule has 0 heterocycles. The molecule has 2 rings (SSSR count). The molecule has 0 aliphatic carbocycles. The predicted molar refractivity (Wildman–Crippen MR) is 104 cm³/mol. The van der Waals surface area contributed by atoms with Crippen LogP contribution in [0.3, 0.4) is 0 Å². The minimum Gasteiger partial charge on any atom is -0.462 e. The molecule has 5 nitrogen and oxygen atoms in total. The Morgan fingerprint density at radius 3 is 2.35 bits per heavy atom. The largest absolute Gasteiger partial charge is 0.462 e. The van der Waals surface area contributed by atoms with Crippen molar-refractivity contribution < 1.29 is 23.1 Å². The number of aryl methyl sites for hydroxylation is 1. The van der Waals surface area contributed by atoms with Crippen LogP contribution in [-0.2, 0) is 24.8 Å². The van der Waals surface area contributed by atoms with Gasteiger partial charge in [-0.2, -0.15) is 0 Å². The lowest BCUT2D eigenvalue weighted by Gasteiger charge is -2.17. The van der Waals surface area contributed by atoms with Crippen molar-refractivity contribution in [3.8, 4) is 0 Å². The van der Waals surface area contributed by atoms with Crippen LogP contribution in [0.4, 0.5) is 0 Å². The number of hydrogen-bond acceptors (Lipinski definition) is 5. The molecule has 142 valence electrons. The normalized spacial score (nSPS) is 11.7. The van der Waals surface area contributed by atoms with Crippen LogP contribution in [0.1, 0.15) is 43.1 Å². The summed E-state index contributed by atoms with van der Waals surface area (Å²) < 4.78 is 28.4. The zero-order valence-corrected chi connectivity index (χ0v) is 16.6. The molecule has 0 bridgehead atoms. The van der Waals surface area contributed by atoms with Crippen molar-refractivity contribution >= 4 is 24.3 Å². The summed E-state index contributed by atoms with van der Waals surface area (Å²) in [6.07, 6.45) is 1.68. The standard InChI is InChI=1S/C20H27O5P/c1-4-23-20(21)18-14-16-10-7-8-12-19(16)17(15-18)11-9-13-26(22,24-5-2)25-6-3/h7-8,10,12,14-15H,4-6,9,11,13H2,1-3H3. The second-order valence-corrected chi connectivity index (χ2v) is 8.04. The first-order chi connectivity index (χ1) is 12.5. The van der Waals surface area contributed by atoms with Gasteiger partial charge in [0.25, 0.3) is 0 Å². The zero-order valence-electron chi connectivity index (χ0n) is 15.7. The molecule has 0 N–H and O–H groups in total. The van der Waals surface area contributed by atoms with E-state index in [2.05, 4.69) is 0 Å². The molecule has 0 fully saturated rings. The van der Waals surface area contributed by atoms with E-state index in [1.54, 1.807) is 6.92 Å². The van der Waals surface area contributed by atoms with E-state index < -0.39 is 7.60 Å². The fourth-order valence-electron chi connectivity index (χ4n) is 2.95. The van der Waals surface area contributed by atoms with Gasteiger partial charge in [0, 0.05) is 0 Å². The number of carbonyl (C=O) groups excluding carboxylic acids is 1. The summed E-state index contributed by atoms with van der Waals surface area (Å²) in [5, 5.41) is 2.08. The SMILES string of the molecule is CCOC(=O)c1cc(CCCP(=O)(OCC)OCC)c2ccccc2c1. The molecule has 0 aliphatic rings. The summed E-state index contributed by atoms with van der Waals surface area (Å²) in [6.45, 7) is 6.47. The molecule has 0 radical (unpaired) electrons. The maximum atomic E-state index is 12.6. The van der Waals surface area contributed by atoms with Crippen LogP contribution >= 0.6 is 7.60 Å². The Labute approximate surface area is 155 Å². The van der Waals surface area contributed by atoms with E-state index in [0.717, 1.165) is 16.3 Å². The fraction of sp³-hybridized carbons (Fsp3) is 0.450. The summed E-state index contributed by atoms with van der Waals surface area (Å²) in [4.78, 5) is 12.1. The Morgan fingerprint density at radius 1 is 1.00 bits per heavy atom. The highest BCUT2D eigenvalue weighted by atomic mass is 31.2. The summed E-state index contributed by atoms with van der Waals surface area (Å²) in [7, 11) is -3.05. The molecule has 0 unspecified atom stereocenters. The Balaban J connectivity index is 2.22. The van der Waals surface area contributed by atoms with Crippen molar-refractivity contribution in [1.29, 1.82) is 0 Å². The average molecular weight is 378 g/mol. The molecule has 6 heteroatoms. The van der Waals surface area contributed by atoms with Gasteiger partial charge in [0.1, 0.15) is 0 Å². The Hall–Kier alpha value is -1.68. The van der Waals surface area contributed by atoms with Crippen LogP contribution < -0.4 is 0 Å². The zero-order chi connectivity index (χ0) is 19.0. The third kappa shape index (κ3) is 5.41. The van der Waals surface area contributed by atoms with Gasteiger partial charge in [-0.15, -0.1) is 0 Å². The van der Waals surface area contributed by atoms with E-state index in [9.17, 15) is 9.36 Å². The highest BCUT2D eigenvalue weighted by molar-refractivity contribution is 7.53. The van der Waals surface area contributed by atoms with Gasteiger partial charge in [-0.3, -0.25) is 4.57 Å². The monoisotopic (exact) mass is 378 g/mol. The van der Waals surface area contributed by atoms with Crippen LogP contribution in [-0.4, -0.2) is 32.0 Å². The lowest BCUT2D eigenvalue weighted by molar-refractivity contribution is 0.0526. The number of carbonyl (C=O) groups is 1. The van der Waals surface area contributed by atoms with Gasteiger partial charge < -0.3 is 13.8 Å². The van der Waals surface area contributed by atoms with Gasteiger partial charge in [0.2, 0.25) is 0 Å². The molecule has 0 aliphatic heterocycles. The molecule has 0 amide bonds. The molecular weight excluding hydrogens is 351 g/mol. The second-order valence-electron chi connectivity index (χ2n) is 5.85. The van der Waals surface area contributed by atoms with E-state index in [4.69, 9.17) is 13.8 Å². The summed E-state index contributed by atoms with van der Waals surface area (Å²) in [6, 6.07) is 11.6. The minimum absolute atomic E-state index is 0.325. The number of esters is 1. The summed E-state index contributed by atoms with van der Waals surface area (Å²) in [5.41, 5.74) is 1.57. The van der Waals surface area contributed by atoms with Gasteiger partial charge in [-0.1, -0.05) is 24.3 Å². The predicted octanol–water partition coefficient (Wildman–Crippen LogP) is 5.22. The highest BCUT2D eigenvalue weighted by Gasteiger charge is 2.23. The van der Waals surface area contributed by atoms with Crippen LogP contribution in [0.2, 0.25) is 0 Å². The Bertz CT molecular complexity index is 777. The molecule has 0 atom stereocenters. The lowest BCUT2D eigenvalue weighted by atomic mass is 9.98. The number of fused-ring (bicyclic) bond motifs is 1. The van der Waals surface area contributed by atoms with Gasteiger partial charge >= 0.3 is 13.6 Å². The molecule has 2 aromatic carbocycles. The molecule has 26 heavy (non-hydrogen) atoms. The maximum absolute atomic E-state index is 12.6. The molecule has 2 aromatic rings. The number of ether oxygens (including phenoxy) is 1. The number of hydrogen-bond donors (Lipinski definition) is 0. The van der Waals surface area contributed by atoms with Crippen molar-refractivity contribution in [1.82, 2.24) is 0 Å². The summed E-state index contributed by atoms with van der Waals surface area (Å²) in [5.74, 6) is -0.325. The van der Waals surface area contributed by atoms with E-state index in [1.807, 2.05) is 50.2 Å². The van der Waals surface area contributed by atoms with Crippen molar-refractivity contribution in [3.63, 3.8) is 0 Å². The summed E-state index contributed by atoms with van der Waals surface area (Å²) >= 11 is 0. The van der Waals surface area contributed by atoms with E-state index in [1.165, 1.54) is 0 Å². The lowest BCUT2D eigenvalue weighted by Crippen LogP contribution is -2.06. The first-order valence-electron chi connectivity index (χ1n) is 9.10. The Morgan fingerprint density at radius 2 is 1.69 bits per heavy atom. The molecule has 0 saturated carbocycles. The van der Waals surface area contributed by atoms with Crippen LogP contribution in [0, 0.1) is 0 Å². The highest BCUT2D eigenvalue weighted by Crippen LogP contribution is 2.48. The van der Waals surface area contributed by atoms with E-state index in [0.29, 0.717) is 44.4 Å². The quantitative estimate of drug-likeness (QED) is 0.419. The fourth-order valence-corrected chi connectivity index (χ4v) is 4.62. The third-order valence-corrected chi connectivity index (χ3v) is 6.16. The van der Waals surface area contributed by atoms with Crippen molar-refractivity contribution in [2.24, 2.45) is 0 Å². The second kappa shape index (κ2) is 9.86. The van der Waals surface area contributed by atoms with E-state index >= 15 is 0 Å². The minimum atomic E-state index is -3.05. The van der Waals surface area contributed by atoms with Crippen molar-refractivity contribution in [2.75, 3.05) is 26.0 Å². The number of rotatable bonds is 10. The van der Waals surface area contributed by atoms with Crippen LogP contribution in [0.25, 0.3) is 10.8 Å². The third-order valence-electron chi connectivity index (χ3n) is 3.99. The number of benzene rings is 2. The van der Waals surface area contributed by atoms with Crippen molar-refractivity contribution in [2.45, 2.75) is 33.6 Å². The first kappa shape index (κ1) is 20.6. The van der Waals surface area contributed by atoms with Gasteiger partial charge in [-0.05, 0) is 62.1 Å². The Kier molecular flexibility index (Phi) is 7.83. The van der Waals surface area contributed by atoms with E-state index in [-0.39, 0.29) is 5.97 Å².